The van der Waals surface area contributed by atoms with E-state index in [2.05, 4.69) is 36.0 Å². The van der Waals surface area contributed by atoms with Gasteiger partial charge in [-0.1, -0.05) is 0 Å². The van der Waals surface area contributed by atoms with Gasteiger partial charge in [-0.05, 0) is 64.3 Å². The molecule has 1 unspecified atom stereocenters. The molecule has 1 fully saturated rings. The molecule has 4 nitrogen and oxygen atoms in total. The maximum Gasteiger partial charge on any atom is 0.147 e. The summed E-state index contributed by atoms with van der Waals surface area (Å²) in [6, 6.07) is 4.97. The predicted molar refractivity (Wildman–Crippen MR) is 84.5 cm³/mol. The number of hydrogen-bond donors (Lipinski definition) is 0. The minimum absolute atomic E-state index is 0.487. The first-order chi connectivity index (χ1) is 10.2. The van der Waals surface area contributed by atoms with Gasteiger partial charge in [0.1, 0.15) is 11.9 Å². The number of rotatable bonds is 3. The lowest BCUT2D eigenvalue weighted by Crippen LogP contribution is -2.38. The fraction of sp³-hybridized carbons (Fsp3) is 0.647. The van der Waals surface area contributed by atoms with Gasteiger partial charge < -0.3 is 9.80 Å². The number of nitriles is 1. The van der Waals surface area contributed by atoms with Gasteiger partial charge in [0.15, 0.2) is 0 Å². The van der Waals surface area contributed by atoms with E-state index in [9.17, 15) is 5.26 Å². The van der Waals surface area contributed by atoms with Gasteiger partial charge in [0.25, 0.3) is 0 Å². The molecule has 1 aliphatic heterocycles. The molecule has 3 rings (SSSR count). The van der Waals surface area contributed by atoms with Crippen molar-refractivity contribution in [3.8, 4) is 6.07 Å². The molecule has 0 aromatic carbocycles. The van der Waals surface area contributed by atoms with Gasteiger partial charge in [0.2, 0.25) is 0 Å². The lowest BCUT2D eigenvalue weighted by molar-refractivity contribution is 0.371. The number of hydrogen-bond acceptors (Lipinski definition) is 4. The lowest BCUT2D eigenvalue weighted by atomic mass is 9.95. The van der Waals surface area contributed by atoms with E-state index in [0.29, 0.717) is 6.04 Å². The highest BCUT2D eigenvalue weighted by Crippen LogP contribution is 2.31. The number of aryl methyl sites for hydroxylation is 2. The van der Waals surface area contributed by atoms with E-state index in [1.807, 2.05) is 0 Å². The van der Waals surface area contributed by atoms with Crippen LogP contribution in [-0.4, -0.2) is 43.1 Å². The summed E-state index contributed by atoms with van der Waals surface area (Å²) in [5.41, 5.74) is 3.29. The van der Waals surface area contributed by atoms with E-state index in [-0.39, 0.29) is 0 Å². The molecule has 2 aliphatic rings. The van der Waals surface area contributed by atoms with Crippen molar-refractivity contribution >= 4 is 5.82 Å². The Labute approximate surface area is 127 Å². The van der Waals surface area contributed by atoms with Crippen molar-refractivity contribution in [2.75, 3.05) is 32.1 Å². The number of nitrogens with zero attached hydrogens (tertiary/aromatic N) is 4. The van der Waals surface area contributed by atoms with Crippen LogP contribution >= 0.6 is 0 Å². The second kappa shape index (κ2) is 6.03. The third-order valence-corrected chi connectivity index (χ3v) is 4.63. The molecule has 0 N–H and O–H groups in total. The first-order valence-electron chi connectivity index (χ1n) is 8.03. The molecule has 1 atom stereocenters. The predicted octanol–water partition coefficient (Wildman–Crippen LogP) is 2.36. The smallest absolute Gasteiger partial charge is 0.147 e. The average molecular weight is 284 g/mol. The summed E-state index contributed by atoms with van der Waals surface area (Å²) in [6.45, 7) is 2.06. The normalized spacial score (nSPS) is 21.4. The van der Waals surface area contributed by atoms with Crippen LogP contribution in [0.4, 0.5) is 5.82 Å². The van der Waals surface area contributed by atoms with Crippen LogP contribution in [0.25, 0.3) is 0 Å². The maximum absolute atomic E-state index is 9.52. The van der Waals surface area contributed by atoms with Crippen molar-refractivity contribution in [1.29, 1.82) is 5.26 Å². The van der Waals surface area contributed by atoms with Crippen LogP contribution in [-0.2, 0) is 12.8 Å². The summed E-state index contributed by atoms with van der Waals surface area (Å²) < 4.78 is 0. The molecular formula is C17H24N4. The van der Waals surface area contributed by atoms with Crippen LogP contribution in [0.15, 0.2) is 6.07 Å². The molecular weight excluding hydrogens is 260 g/mol. The Morgan fingerprint density at radius 3 is 2.90 bits per heavy atom. The van der Waals surface area contributed by atoms with E-state index < -0.39 is 0 Å². The number of fused-ring (bicyclic) bond motifs is 1. The highest BCUT2D eigenvalue weighted by Gasteiger charge is 2.29. The van der Waals surface area contributed by atoms with Gasteiger partial charge in [0, 0.05) is 24.8 Å². The number of pyridine rings is 1. The molecule has 1 aromatic heterocycles. The van der Waals surface area contributed by atoms with Crippen molar-refractivity contribution in [3.63, 3.8) is 0 Å². The second-order valence-corrected chi connectivity index (χ2v) is 6.54. The van der Waals surface area contributed by atoms with Gasteiger partial charge in [-0.25, -0.2) is 4.98 Å². The third kappa shape index (κ3) is 2.89. The molecule has 0 spiro atoms. The van der Waals surface area contributed by atoms with E-state index in [1.54, 1.807) is 0 Å². The Kier molecular flexibility index (Phi) is 4.12. The van der Waals surface area contributed by atoms with Crippen molar-refractivity contribution in [1.82, 2.24) is 9.88 Å². The minimum Gasteiger partial charge on any atom is -0.351 e. The SMILES string of the molecule is CN(C)CC1CCCN1c1nc2c(cc1C#N)CCCC2. The van der Waals surface area contributed by atoms with Crippen LogP contribution in [0.5, 0.6) is 0 Å². The van der Waals surface area contributed by atoms with Crippen molar-refractivity contribution < 1.29 is 0 Å². The van der Waals surface area contributed by atoms with Gasteiger partial charge in [-0.3, -0.25) is 0 Å². The van der Waals surface area contributed by atoms with Gasteiger partial charge in [-0.2, -0.15) is 5.26 Å². The van der Waals surface area contributed by atoms with Crippen LogP contribution < -0.4 is 4.90 Å². The number of aromatic nitrogens is 1. The molecule has 21 heavy (non-hydrogen) atoms. The summed E-state index contributed by atoms with van der Waals surface area (Å²) >= 11 is 0. The summed E-state index contributed by atoms with van der Waals surface area (Å²) in [6.07, 6.45) is 7.00. The number of likely N-dealkylation sites (N-methyl/N-ethyl adjacent to an activating group) is 1. The Hall–Kier alpha value is -1.60. The van der Waals surface area contributed by atoms with Gasteiger partial charge in [-0.15, -0.1) is 0 Å². The largest absolute Gasteiger partial charge is 0.351 e. The van der Waals surface area contributed by atoms with E-state index >= 15 is 0 Å². The first-order valence-corrected chi connectivity index (χ1v) is 8.03. The molecule has 0 radical (unpaired) electrons. The zero-order valence-corrected chi connectivity index (χ0v) is 13.1. The summed E-state index contributed by atoms with van der Waals surface area (Å²) in [4.78, 5) is 9.51. The summed E-state index contributed by atoms with van der Waals surface area (Å²) in [7, 11) is 4.23. The molecule has 1 saturated heterocycles. The molecule has 2 heterocycles. The monoisotopic (exact) mass is 284 g/mol. The van der Waals surface area contributed by atoms with Crippen LogP contribution in [0.3, 0.4) is 0 Å². The molecule has 1 aromatic rings. The Morgan fingerprint density at radius 1 is 1.33 bits per heavy atom. The quantitative estimate of drug-likeness (QED) is 0.854. The summed E-state index contributed by atoms with van der Waals surface area (Å²) in [5.74, 6) is 0.933. The first kappa shape index (κ1) is 14.3. The highest BCUT2D eigenvalue weighted by atomic mass is 15.3. The molecule has 0 bridgehead atoms. The minimum atomic E-state index is 0.487. The van der Waals surface area contributed by atoms with E-state index in [1.165, 1.54) is 36.9 Å². The van der Waals surface area contributed by atoms with Crippen LogP contribution in [0.1, 0.15) is 42.5 Å². The van der Waals surface area contributed by atoms with Crippen molar-refractivity contribution in [2.45, 2.75) is 44.6 Å². The van der Waals surface area contributed by atoms with Gasteiger partial charge >= 0.3 is 0 Å². The zero-order valence-electron chi connectivity index (χ0n) is 13.1. The standard InChI is InChI=1S/C17H24N4/c1-20(2)12-15-7-5-9-21(15)17-14(11-18)10-13-6-3-4-8-16(13)19-17/h10,15H,3-9,12H2,1-2H3. The number of anilines is 1. The maximum atomic E-state index is 9.52. The van der Waals surface area contributed by atoms with Crippen LogP contribution in [0.2, 0.25) is 0 Å². The molecule has 0 saturated carbocycles. The topological polar surface area (TPSA) is 43.2 Å². The highest BCUT2D eigenvalue weighted by molar-refractivity contribution is 5.57. The van der Waals surface area contributed by atoms with Crippen molar-refractivity contribution in [3.05, 3.63) is 22.9 Å². The van der Waals surface area contributed by atoms with Gasteiger partial charge in [0.05, 0.1) is 5.56 Å². The van der Waals surface area contributed by atoms with E-state index in [4.69, 9.17) is 4.98 Å². The molecule has 1 aliphatic carbocycles. The lowest BCUT2D eigenvalue weighted by Gasteiger charge is -2.30. The third-order valence-electron chi connectivity index (χ3n) is 4.63. The van der Waals surface area contributed by atoms with E-state index in [0.717, 1.165) is 37.3 Å². The fourth-order valence-corrected chi connectivity index (χ4v) is 3.65. The Bertz CT molecular complexity index is 559. The zero-order chi connectivity index (χ0) is 14.8. The van der Waals surface area contributed by atoms with Crippen LogP contribution in [0, 0.1) is 11.3 Å². The Morgan fingerprint density at radius 2 is 2.14 bits per heavy atom. The molecule has 112 valence electrons. The average Bonchev–Trinajstić information content (AvgIpc) is 2.93. The van der Waals surface area contributed by atoms with Crippen molar-refractivity contribution in [2.24, 2.45) is 0 Å². The summed E-state index contributed by atoms with van der Waals surface area (Å²) in [5, 5.41) is 9.52. The fourth-order valence-electron chi connectivity index (χ4n) is 3.65. The molecule has 4 heteroatoms. The second-order valence-electron chi connectivity index (χ2n) is 6.54. The molecule has 0 amide bonds. The Balaban J connectivity index is 1.95.